The Morgan fingerprint density at radius 2 is 1.91 bits per heavy atom. The monoisotopic (exact) mass is 375 g/mol. The molecule has 1 unspecified atom stereocenters. The highest BCUT2D eigenvalue weighted by atomic mass is 35.5. The van der Waals surface area contributed by atoms with Crippen LogP contribution in [0.5, 0.6) is 0 Å². The summed E-state index contributed by atoms with van der Waals surface area (Å²) in [7, 11) is 0. The van der Waals surface area contributed by atoms with Crippen molar-refractivity contribution in [3.05, 3.63) is 51.5 Å². The predicted octanol–water partition coefficient (Wildman–Crippen LogP) is 2.83. The lowest BCUT2D eigenvalue weighted by Gasteiger charge is -2.12. The quantitative estimate of drug-likeness (QED) is 0.815. The third-order valence-electron chi connectivity index (χ3n) is 3.29. The molecule has 0 fully saturated rings. The maximum absolute atomic E-state index is 12.0. The van der Waals surface area contributed by atoms with Gasteiger partial charge in [-0.25, -0.2) is 4.98 Å². The van der Waals surface area contributed by atoms with Gasteiger partial charge in [-0.2, -0.15) is 0 Å². The number of nitrogens with two attached hydrogens (primary N) is 1. The molecule has 0 radical (unpaired) electrons. The van der Waals surface area contributed by atoms with Gasteiger partial charge in [-0.1, -0.05) is 30.3 Å². The van der Waals surface area contributed by atoms with Gasteiger partial charge in [-0.3, -0.25) is 4.79 Å². The highest BCUT2D eigenvalue weighted by molar-refractivity contribution is 7.11. The number of benzene rings is 1. The molecule has 0 aliphatic carbocycles. The van der Waals surface area contributed by atoms with Crippen LogP contribution in [0.25, 0.3) is 0 Å². The van der Waals surface area contributed by atoms with E-state index in [9.17, 15) is 4.79 Å². The Hall–Kier alpha value is -1.14. The van der Waals surface area contributed by atoms with E-state index in [1.807, 2.05) is 44.2 Å². The van der Waals surface area contributed by atoms with Crippen LogP contribution in [0.3, 0.4) is 0 Å². The van der Waals surface area contributed by atoms with Crippen LogP contribution < -0.4 is 11.1 Å². The van der Waals surface area contributed by atoms with Gasteiger partial charge >= 0.3 is 0 Å². The molecule has 1 amide bonds. The van der Waals surface area contributed by atoms with Crippen molar-refractivity contribution in [1.29, 1.82) is 0 Å². The lowest BCUT2D eigenvalue weighted by Crippen LogP contribution is -2.42. The zero-order chi connectivity index (χ0) is 15.2. The number of carbonyl (C=O) groups is 1. The Balaban J connectivity index is 0.00000242. The average molecular weight is 376 g/mol. The standard InChI is InChI=1S/C16H21N3OS.2ClH/c1-11-15(21-12(2)19-11)8-9-18-16(20)14(17)10-13-6-4-3-5-7-13;;/h3-7,14H,8-10,17H2,1-2H3,(H,18,20);2*1H. The van der Waals surface area contributed by atoms with Gasteiger partial charge in [-0.05, 0) is 25.8 Å². The SMILES string of the molecule is Cc1nc(C)c(CCNC(=O)C(N)Cc2ccccc2)s1.Cl.Cl. The largest absolute Gasteiger partial charge is 0.354 e. The van der Waals surface area contributed by atoms with Gasteiger partial charge < -0.3 is 11.1 Å². The van der Waals surface area contributed by atoms with E-state index in [0.29, 0.717) is 13.0 Å². The lowest BCUT2D eigenvalue weighted by atomic mass is 10.1. The van der Waals surface area contributed by atoms with E-state index in [2.05, 4.69) is 10.3 Å². The number of aryl methyl sites for hydroxylation is 2. The number of amides is 1. The van der Waals surface area contributed by atoms with Crippen molar-refractivity contribution < 1.29 is 4.79 Å². The summed E-state index contributed by atoms with van der Waals surface area (Å²) in [6.07, 6.45) is 1.37. The second-order valence-corrected chi connectivity index (χ2v) is 6.37. The molecule has 0 bridgehead atoms. The Kier molecular flexibility index (Phi) is 10.1. The van der Waals surface area contributed by atoms with Crippen molar-refractivity contribution >= 4 is 42.1 Å². The van der Waals surface area contributed by atoms with E-state index < -0.39 is 6.04 Å². The third-order valence-corrected chi connectivity index (χ3v) is 4.42. The van der Waals surface area contributed by atoms with Crippen LogP contribution in [0.4, 0.5) is 0 Å². The summed E-state index contributed by atoms with van der Waals surface area (Å²) in [6, 6.07) is 9.32. The number of rotatable bonds is 6. The van der Waals surface area contributed by atoms with Gasteiger partial charge in [0, 0.05) is 17.8 Å². The van der Waals surface area contributed by atoms with Crippen molar-refractivity contribution in [2.24, 2.45) is 5.73 Å². The Bertz CT molecular complexity index is 605. The van der Waals surface area contributed by atoms with E-state index in [1.165, 1.54) is 4.88 Å². The Morgan fingerprint density at radius 1 is 1.26 bits per heavy atom. The minimum Gasteiger partial charge on any atom is -0.354 e. The Morgan fingerprint density at radius 3 is 2.48 bits per heavy atom. The fraction of sp³-hybridized carbons (Fsp3) is 0.375. The van der Waals surface area contributed by atoms with Crippen molar-refractivity contribution in [1.82, 2.24) is 10.3 Å². The summed E-state index contributed by atoms with van der Waals surface area (Å²) in [6.45, 7) is 4.60. The number of aromatic nitrogens is 1. The van der Waals surface area contributed by atoms with E-state index in [0.717, 1.165) is 22.7 Å². The number of carbonyl (C=O) groups excluding carboxylic acids is 1. The van der Waals surface area contributed by atoms with Crippen molar-refractivity contribution in [2.75, 3.05) is 6.54 Å². The third kappa shape index (κ3) is 6.87. The normalized spacial score (nSPS) is 11.1. The second-order valence-electron chi connectivity index (χ2n) is 5.08. The van der Waals surface area contributed by atoms with Gasteiger partial charge in [-0.15, -0.1) is 36.2 Å². The maximum atomic E-state index is 12.0. The first-order valence-corrected chi connectivity index (χ1v) is 7.88. The molecule has 0 saturated heterocycles. The number of nitrogens with zero attached hydrogens (tertiary/aromatic N) is 1. The molecule has 4 nitrogen and oxygen atoms in total. The molecule has 1 aromatic heterocycles. The van der Waals surface area contributed by atoms with E-state index in [4.69, 9.17) is 5.73 Å². The lowest BCUT2D eigenvalue weighted by molar-refractivity contribution is -0.122. The van der Waals surface area contributed by atoms with Crippen LogP contribution in [0.2, 0.25) is 0 Å². The van der Waals surface area contributed by atoms with Crippen LogP contribution >= 0.6 is 36.2 Å². The molecule has 7 heteroatoms. The van der Waals surface area contributed by atoms with Gasteiger partial charge in [0.1, 0.15) is 0 Å². The number of thiazole rings is 1. The summed E-state index contributed by atoms with van der Waals surface area (Å²) < 4.78 is 0. The molecule has 0 spiro atoms. The summed E-state index contributed by atoms with van der Waals surface area (Å²) in [5, 5.41) is 3.97. The first kappa shape index (κ1) is 21.9. The fourth-order valence-electron chi connectivity index (χ4n) is 2.20. The molecular weight excluding hydrogens is 353 g/mol. The minimum atomic E-state index is -0.503. The first-order valence-electron chi connectivity index (χ1n) is 7.06. The molecule has 23 heavy (non-hydrogen) atoms. The van der Waals surface area contributed by atoms with Crippen LogP contribution in [-0.2, 0) is 17.6 Å². The highest BCUT2D eigenvalue weighted by Gasteiger charge is 2.13. The second kappa shape index (κ2) is 10.6. The molecule has 128 valence electrons. The zero-order valence-electron chi connectivity index (χ0n) is 13.2. The van der Waals surface area contributed by atoms with Crippen molar-refractivity contribution in [3.63, 3.8) is 0 Å². The summed E-state index contributed by atoms with van der Waals surface area (Å²) in [4.78, 5) is 17.6. The average Bonchev–Trinajstić information content (AvgIpc) is 2.78. The molecular formula is C16H23Cl2N3OS. The maximum Gasteiger partial charge on any atom is 0.237 e. The molecule has 1 atom stereocenters. The molecule has 0 aliphatic rings. The van der Waals surface area contributed by atoms with Crippen LogP contribution in [-0.4, -0.2) is 23.5 Å². The van der Waals surface area contributed by atoms with Gasteiger partial charge in [0.25, 0.3) is 0 Å². The van der Waals surface area contributed by atoms with Crippen LogP contribution in [0.15, 0.2) is 30.3 Å². The highest BCUT2D eigenvalue weighted by Crippen LogP contribution is 2.17. The van der Waals surface area contributed by atoms with Gasteiger partial charge in [0.15, 0.2) is 0 Å². The van der Waals surface area contributed by atoms with Crippen molar-refractivity contribution in [2.45, 2.75) is 32.7 Å². The molecule has 0 aliphatic heterocycles. The summed E-state index contributed by atoms with van der Waals surface area (Å²) in [5.74, 6) is -0.0993. The molecule has 2 aromatic rings. The summed E-state index contributed by atoms with van der Waals surface area (Å²) in [5.41, 5.74) is 8.07. The first-order chi connectivity index (χ1) is 10.1. The topological polar surface area (TPSA) is 68.0 Å². The number of halogens is 2. The van der Waals surface area contributed by atoms with Crippen molar-refractivity contribution in [3.8, 4) is 0 Å². The summed E-state index contributed by atoms with van der Waals surface area (Å²) >= 11 is 1.68. The predicted molar refractivity (Wildman–Crippen MR) is 101 cm³/mol. The smallest absolute Gasteiger partial charge is 0.237 e. The molecule has 1 aromatic carbocycles. The molecule has 1 heterocycles. The van der Waals surface area contributed by atoms with Crippen LogP contribution in [0.1, 0.15) is 21.1 Å². The van der Waals surface area contributed by atoms with Gasteiger partial charge in [0.05, 0.1) is 16.7 Å². The number of hydrogen-bond acceptors (Lipinski definition) is 4. The molecule has 0 saturated carbocycles. The zero-order valence-corrected chi connectivity index (χ0v) is 15.7. The van der Waals surface area contributed by atoms with Crippen LogP contribution in [0, 0.1) is 13.8 Å². The minimum absolute atomic E-state index is 0. The number of hydrogen-bond donors (Lipinski definition) is 2. The van der Waals surface area contributed by atoms with E-state index in [-0.39, 0.29) is 30.7 Å². The van der Waals surface area contributed by atoms with E-state index in [1.54, 1.807) is 11.3 Å². The number of nitrogens with one attached hydrogen (secondary N) is 1. The van der Waals surface area contributed by atoms with E-state index >= 15 is 0 Å². The Labute approximate surface area is 153 Å². The van der Waals surface area contributed by atoms with Gasteiger partial charge in [0.2, 0.25) is 5.91 Å². The molecule has 2 rings (SSSR count). The molecule has 3 N–H and O–H groups in total. The fourth-order valence-corrected chi connectivity index (χ4v) is 3.13.